The fraction of sp³-hybridized carbons (Fsp3) is 0.294. The Labute approximate surface area is 129 Å². The van der Waals surface area contributed by atoms with Crippen LogP contribution in [-0.4, -0.2) is 30.3 Å². The van der Waals surface area contributed by atoms with Crippen molar-refractivity contribution in [3.05, 3.63) is 47.0 Å². The maximum absolute atomic E-state index is 11.3. The molecule has 0 radical (unpaired) electrons. The highest BCUT2D eigenvalue weighted by molar-refractivity contribution is 5.88. The number of carbonyl (C=O) groups is 2. The molecule has 22 heavy (non-hydrogen) atoms. The fourth-order valence-electron chi connectivity index (χ4n) is 1.74. The highest BCUT2D eigenvalue weighted by Crippen LogP contribution is 2.14. The summed E-state index contributed by atoms with van der Waals surface area (Å²) in [6.07, 6.45) is 5.83. The lowest BCUT2D eigenvalue weighted by atomic mass is 10.0. The molecule has 1 rings (SSSR count). The van der Waals surface area contributed by atoms with Crippen LogP contribution in [0.2, 0.25) is 0 Å². The third-order valence-electron chi connectivity index (χ3n) is 2.62. The van der Waals surface area contributed by atoms with Gasteiger partial charge in [-0.2, -0.15) is 0 Å². The summed E-state index contributed by atoms with van der Waals surface area (Å²) in [5.74, 6) is -0.860. The number of ether oxygens (including phenoxy) is 2. The van der Waals surface area contributed by atoms with Gasteiger partial charge in [0.2, 0.25) is 0 Å². The molecule has 0 spiro atoms. The first-order valence-electron chi connectivity index (χ1n) is 7.03. The molecule has 1 aromatic carbocycles. The highest BCUT2D eigenvalue weighted by Gasteiger charge is 2.00. The minimum atomic E-state index is -0.430. The van der Waals surface area contributed by atoms with Crippen molar-refractivity contribution in [2.45, 2.75) is 20.5 Å². The van der Waals surface area contributed by atoms with Crippen molar-refractivity contribution >= 4 is 24.1 Å². The molecule has 5 nitrogen and oxygen atoms in total. The Bertz CT molecular complexity index is 526. The summed E-state index contributed by atoms with van der Waals surface area (Å²) in [7, 11) is 0. The van der Waals surface area contributed by atoms with E-state index in [1.807, 2.05) is 0 Å². The molecule has 0 unspecified atom stereocenters. The molecule has 0 aliphatic heterocycles. The van der Waals surface area contributed by atoms with Gasteiger partial charge in [0.25, 0.3) is 0 Å². The van der Waals surface area contributed by atoms with E-state index in [2.05, 4.69) is 0 Å². The quantitative estimate of drug-likeness (QED) is 0.618. The monoisotopic (exact) mass is 304 g/mol. The summed E-state index contributed by atoms with van der Waals surface area (Å²) >= 11 is 0. The summed E-state index contributed by atoms with van der Waals surface area (Å²) in [6, 6.07) is 5.28. The van der Waals surface area contributed by atoms with E-state index in [0.29, 0.717) is 18.8 Å². The molecule has 1 aromatic rings. The molecule has 118 valence electrons. The molecule has 5 heteroatoms. The first-order chi connectivity index (χ1) is 10.6. The van der Waals surface area contributed by atoms with Crippen molar-refractivity contribution in [1.29, 1.82) is 0 Å². The lowest BCUT2D eigenvalue weighted by Crippen LogP contribution is -1.99. The van der Waals surface area contributed by atoms with E-state index in [-0.39, 0.29) is 6.61 Å². The van der Waals surface area contributed by atoms with Gasteiger partial charge >= 0.3 is 11.9 Å². The van der Waals surface area contributed by atoms with E-state index < -0.39 is 11.9 Å². The van der Waals surface area contributed by atoms with Crippen LogP contribution in [0.5, 0.6) is 0 Å². The smallest absolute Gasteiger partial charge is 0.330 e. The van der Waals surface area contributed by atoms with Crippen molar-refractivity contribution in [2.75, 3.05) is 13.2 Å². The number of rotatable bonds is 7. The SMILES string of the molecule is CCOC(=O)/C=C/c1cc(/C=C/C(=O)OCC)cc(CO)c1. The normalized spacial score (nSPS) is 11.0. The van der Waals surface area contributed by atoms with Crippen molar-refractivity contribution in [1.82, 2.24) is 0 Å². The maximum atomic E-state index is 11.3. The largest absolute Gasteiger partial charge is 0.463 e. The van der Waals surface area contributed by atoms with Gasteiger partial charge in [0.1, 0.15) is 0 Å². The van der Waals surface area contributed by atoms with Gasteiger partial charge in [-0.25, -0.2) is 9.59 Å². The summed E-state index contributed by atoms with van der Waals surface area (Å²) in [5, 5.41) is 9.28. The lowest BCUT2D eigenvalue weighted by molar-refractivity contribution is -0.138. The first-order valence-corrected chi connectivity index (χ1v) is 7.03. The lowest BCUT2D eigenvalue weighted by Gasteiger charge is -2.03. The van der Waals surface area contributed by atoms with E-state index in [9.17, 15) is 14.7 Å². The predicted octanol–water partition coefficient (Wildman–Crippen LogP) is 2.33. The number of hydrogen-bond donors (Lipinski definition) is 1. The number of aliphatic hydroxyl groups is 1. The van der Waals surface area contributed by atoms with Crippen LogP contribution in [0, 0.1) is 0 Å². The van der Waals surface area contributed by atoms with Crippen molar-refractivity contribution in [3.8, 4) is 0 Å². The Hall–Kier alpha value is -2.40. The minimum absolute atomic E-state index is 0.138. The summed E-state index contributed by atoms with van der Waals surface area (Å²) < 4.78 is 9.61. The molecular weight excluding hydrogens is 284 g/mol. The Morgan fingerprint density at radius 3 is 1.77 bits per heavy atom. The zero-order valence-corrected chi connectivity index (χ0v) is 12.7. The molecule has 0 aromatic heterocycles. The van der Waals surface area contributed by atoms with Gasteiger partial charge in [0.15, 0.2) is 0 Å². The second-order valence-electron chi connectivity index (χ2n) is 4.34. The van der Waals surface area contributed by atoms with Gasteiger partial charge in [0, 0.05) is 12.2 Å². The van der Waals surface area contributed by atoms with E-state index in [1.54, 1.807) is 44.2 Å². The predicted molar refractivity (Wildman–Crippen MR) is 83.7 cm³/mol. The van der Waals surface area contributed by atoms with Crippen LogP contribution in [-0.2, 0) is 25.7 Å². The van der Waals surface area contributed by atoms with E-state index >= 15 is 0 Å². The maximum Gasteiger partial charge on any atom is 0.330 e. The summed E-state index contributed by atoms with van der Waals surface area (Å²) in [5.41, 5.74) is 2.13. The van der Waals surface area contributed by atoms with Gasteiger partial charge in [-0.15, -0.1) is 0 Å². The fourth-order valence-corrected chi connectivity index (χ4v) is 1.74. The average molecular weight is 304 g/mol. The molecule has 0 atom stereocenters. The molecule has 0 saturated carbocycles. The van der Waals surface area contributed by atoms with Crippen LogP contribution in [0.25, 0.3) is 12.2 Å². The molecule has 0 heterocycles. The number of aliphatic hydroxyl groups excluding tert-OH is 1. The van der Waals surface area contributed by atoms with Gasteiger partial charge in [-0.3, -0.25) is 0 Å². The van der Waals surface area contributed by atoms with Gasteiger partial charge in [0.05, 0.1) is 19.8 Å². The zero-order valence-electron chi connectivity index (χ0n) is 12.7. The molecule has 0 aliphatic rings. The van der Waals surface area contributed by atoms with Crippen LogP contribution >= 0.6 is 0 Å². The van der Waals surface area contributed by atoms with Crippen LogP contribution in [0.3, 0.4) is 0 Å². The third kappa shape index (κ3) is 6.37. The Balaban J connectivity index is 2.93. The number of hydrogen-bond acceptors (Lipinski definition) is 5. The standard InChI is InChI=1S/C17H20O5/c1-3-21-16(19)7-5-13-9-14(11-15(10-13)12-18)6-8-17(20)22-4-2/h5-11,18H,3-4,12H2,1-2H3/b7-5+,8-6+. The minimum Gasteiger partial charge on any atom is -0.463 e. The molecule has 0 fully saturated rings. The second kappa shape index (κ2) is 9.52. The van der Waals surface area contributed by atoms with Crippen LogP contribution in [0.4, 0.5) is 0 Å². The Morgan fingerprint density at radius 2 is 1.41 bits per heavy atom. The molecule has 0 amide bonds. The average Bonchev–Trinajstić information content (AvgIpc) is 2.51. The first kappa shape index (κ1) is 17.7. The van der Waals surface area contributed by atoms with Crippen molar-refractivity contribution in [2.24, 2.45) is 0 Å². The van der Waals surface area contributed by atoms with Crippen LogP contribution in [0.1, 0.15) is 30.5 Å². The van der Waals surface area contributed by atoms with E-state index in [1.165, 1.54) is 12.2 Å². The molecule has 0 bridgehead atoms. The summed E-state index contributed by atoms with van der Waals surface area (Å²) in [4.78, 5) is 22.6. The van der Waals surface area contributed by atoms with E-state index in [4.69, 9.17) is 9.47 Å². The highest BCUT2D eigenvalue weighted by atomic mass is 16.5. The molecule has 1 N–H and O–H groups in total. The Kier molecular flexibility index (Phi) is 7.64. The molecule has 0 aliphatic carbocycles. The molecular formula is C17H20O5. The third-order valence-corrected chi connectivity index (χ3v) is 2.62. The van der Waals surface area contributed by atoms with Crippen LogP contribution in [0.15, 0.2) is 30.4 Å². The van der Waals surface area contributed by atoms with Crippen LogP contribution < -0.4 is 0 Å². The summed E-state index contributed by atoms with van der Waals surface area (Å²) in [6.45, 7) is 3.95. The van der Waals surface area contributed by atoms with Gasteiger partial charge in [-0.1, -0.05) is 0 Å². The van der Waals surface area contributed by atoms with E-state index in [0.717, 1.165) is 11.1 Å². The number of carbonyl (C=O) groups excluding carboxylic acids is 2. The number of esters is 2. The topological polar surface area (TPSA) is 72.8 Å². The van der Waals surface area contributed by atoms with Crippen molar-refractivity contribution in [3.63, 3.8) is 0 Å². The van der Waals surface area contributed by atoms with Gasteiger partial charge < -0.3 is 14.6 Å². The zero-order chi connectivity index (χ0) is 16.4. The number of benzene rings is 1. The van der Waals surface area contributed by atoms with Crippen molar-refractivity contribution < 1.29 is 24.2 Å². The molecule has 0 saturated heterocycles. The Morgan fingerprint density at radius 1 is 0.955 bits per heavy atom. The van der Waals surface area contributed by atoms with Gasteiger partial charge in [-0.05, 0) is 60.9 Å². The second-order valence-corrected chi connectivity index (χ2v) is 4.34.